The summed E-state index contributed by atoms with van der Waals surface area (Å²) >= 11 is 0. The molecule has 0 aromatic carbocycles. The fourth-order valence-electron chi connectivity index (χ4n) is 16.0. The topological polar surface area (TPSA) is 15.3 Å². The number of nitrogens with zero attached hydrogens (tertiary/aromatic N) is 1. The molecule has 1 spiro atoms. The number of allylic oxidation sites excluding steroid dienone is 16. The standard InChI is InChI=1S/C53H70N2/c1-3-15-36(16-4-1)39-19-13-22-43(34-39)55(42-20-5-2-6-21-42)51-28-14-27-49-52(51)46-24-10-12-26-48(46)53(49)47-25-11-9-23-44(47)45-32-31-41(35-50(45)53)54-40-30-29-37-17-7-8-18-38(37)33-40/h5,7,9,15,17,20-21,23,28,31-33,37-39,41,43,45-46,48-50,52,54H,1-4,6,8,10-14,16,18-19,22,24-27,29-30,34-35H2. The van der Waals surface area contributed by atoms with Crippen molar-refractivity contribution in [3.8, 4) is 0 Å². The highest BCUT2D eigenvalue weighted by Gasteiger charge is 2.69. The molecule has 0 radical (unpaired) electrons. The van der Waals surface area contributed by atoms with Gasteiger partial charge in [0.15, 0.2) is 0 Å². The highest BCUT2D eigenvalue weighted by Crippen LogP contribution is 2.75. The van der Waals surface area contributed by atoms with Crippen LogP contribution in [-0.2, 0) is 0 Å². The lowest BCUT2D eigenvalue weighted by atomic mass is 9.54. The van der Waals surface area contributed by atoms with Crippen LogP contribution in [0.3, 0.4) is 0 Å². The monoisotopic (exact) mass is 735 g/mol. The third-order valence-corrected chi connectivity index (χ3v) is 17.8. The first kappa shape index (κ1) is 35.4. The van der Waals surface area contributed by atoms with Gasteiger partial charge in [0.05, 0.1) is 0 Å². The quantitative estimate of drug-likeness (QED) is 0.273. The van der Waals surface area contributed by atoms with Gasteiger partial charge in [0.25, 0.3) is 0 Å². The van der Waals surface area contributed by atoms with Gasteiger partial charge in [-0.1, -0.05) is 97.2 Å². The Labute approximate surface area is 334 Å². The van der Waals surface area contributed by atoms with Gasteiger partial charge < -0.3 is 10.2 Å². The summed E-state index contributed by atoms with van der Waals surface area (Å²) in [5.74, 6) is 6.91. The van der Waals surface area contributed by atoms with Crippen LogP contribution in [0, 0.1) is 58.7 Å². The highest BCUT2D eigenvalue weighted by atomic mass is 15.2. The van der Waals surface area contributed by atoms with Crippen LogP contribution in [0.2, 0.25) is 0 Å². The second-order valence-electron chi connectivity index (χ2n) is 20.3. The van der Waals surface area contributed by atoms with Gasteiger partial charge >= 0.3 is 0 Å². The highest BCUT2D eigenvalue weighted by molar-refractivity contribution is 5.50. The molecule has 12 unspecified atom stereocenters. The Morgan fingerprint density at radius 3 is 2.51 bits per heavy atom. The average molecular weight is 735 g/mol. The van der Waals surface area contributed by atoms with Gasteiger partial charge in [0.1, 0.15) is 0 Å². The first-order valence-electron chi connectivity index (χ1n) is 24.0. The number of rotatable bonds is 6. The molecule has 292 valence electrons. The van der Waals surface area contributed by atoms with E-state index in [4.69, 9.17) is 0 Å². The molecule has 3 fully saturated rings. The maximum absolute atomic E-state index is 4.25. The minimum absolute atomic E-state index is 0.370. The van der Waals surface area contributed by atoms with Crippen molar-refractivity contribution in [2.75, 3.05) is 0 Å². The van der Waals surface area contributed by atoms with Crippen molar-refractivity contribution in [1.82, 2.24) is 10.2 Å². The summed E-state index contributed by atoms with van der Waals surface area (Å²) in [5.41, 5.74) is 10.9. The summed E-state index contributed by atoms with van der Waals surface area (Å²) in [6, 6.07) is 1.13. The molecule has 2 heteroatoms. The molecule has 11 aliphatic rings. The van der Waals surface area contributed by atoms with E-state index in [9.17, 15) is 0 Å². The summed E-state index contributed by atoms with van der Waals surface area (Å²) in [6.45, 7) is 0. The summed E-state index contributed by atoms with van der Waals surface area (Å²) in [5, 5.41) is 4.25. The lowest BCUT2D eigenvalue weighted by Crippen LogP contribution is -2.47. The van der Waals surface area contributed by atoms with Gasteiger partial charge in [-0.05, 0) is 181 Å². The number of fused-ring (bicyclic) bond motifs is 10. The van der Waals surface area contributed by atoms with E-state index in [1.807, 2.05) is 16.8 Å². The summed E-state index contributed by atoms with van der Waals surface area (Å²) in [7, 11) is 0. The Hall–Kier alpha value is -2.74. The molecular weight excluding hydrogens is 665 g/mol. The fraction of sp³-hybridized carbons (Fsp3) is 0.660. The van der Waals surface area contributed by atoms with Gasteiger partial charge in [-0.25, -0.2) is 0 Å². The Morgan fingerprint density at radius 2 is 1.58 bits per heavy atom. The van der Waals surface area contributed by atoms with Crippen molar-refractivity contribution in [2.45, 2.75) is 160 Å². The van der Waals surface area contributed by atoms with Crippen LogP contribution in [0.25, 0.3) is 0 Å². The molecule has 0 heterocycles. The van der Waals surface area contributed by atoms with Crippen molar-refractivity contribution in [3.63, 3.8) is 0 Å². The molecule has 0 amide bonds. The van der Waals surface area contributed by atoms with Crippen molar-refractivity contribution >= 4 is 0 Å². The van der Waals surface area contributed by atoms with Gasteiger partial charge in [-0.3, -0.25) is 0 Å². The van der Waals surface area contributed by atoms with Crippen LogP contribution in [-0.4, -0.2) is 17.0 Å². The Bertz CT molecular complexity index is 1770. The molecule has 1 N–H and O–H groups in total. The van der Waals surface area contributed by atoms with Crippen molar-refractivity contribution in [2.24, 2.45) is 58.7 Å². The molecule has 11 aliphatic carbocycles. The molecule has 0 aliphatic heterocycles. The second kappa shape index (κ2) is 14.9. The predicted octanol–water partition coefficient (Wildman–Crippen LogP) is 13.4. The van der Waals surface area contributed by atoms with Crippen LogP contribution in [0.15, 0.2) is 107 Å². The maximum Gasteiger partial charge on any atom is 0.0444 e. The lowest BCUT2D eigenvalue weighted by Gasteiger charge is -2.51. The molecule has 55 heavy (non-hydrogen) atoms. The van der Waals surface area contributed by atoms with Gasteiger partial charge in [0.2, 0.25) is 0 Å². The molecule has 3 saturated carbocycles. The third kappa shape index (κ3) is 5.98. The molecular formula is C53H70N2. The largest absolute Gasteiger partial charge is 0.382 e. The van der Waals surface area contributed by atoms with E-state index in [1.165, 1.54) is 148 Å². The molecule has 11 rings (SSSR count). The predicted molar refractivity (Wildman–Crippen MR) is 229 cm³/mol. The molecule has 2 nitrogen and oxygen atoms in total. The van der Waals surface area contributed by atoms with E-state index in [1.54, 1.807) is 17.0 Å². The summed E-state index contributed by atoms with van der Waals surface area (Å²) in [4.78, 5) is 3.07. The Morgan fingerprint density at radius 1 is 0.618 bits per heavy atom. The van der Waals surface area contributed by atoms with Crippen molar-refractivity contribution in [1.29, 1.82) is 0 Å². The Balaban J connectivity index is 0.961. The van der Waals surface area contributed by atoms with Crippen LogP contribution in [0.4, 0.5) is 0 Å². The zero-order valence-corrected chi connectivity index (χ0v) is 34.0. The van der Waals surface area contributed by atoms with Crippen LogP contribution in [0.1, 0.15) is 148 Å². The first-order chi connectivity index (χ1) is 27.3. The van der Waals surface area contributed by atoms with Crippen LogP contribution in [0.5, 0.6) is 0 Å². The maximum atomic E-state index is 4.25. The van der Waals surface area contributed by atoms with E-state index < -0.39 is 0 Å². The second-order valence-corrected chi connectivity index (χ2v) is 20.3. The normalized spacial score (nSPS) is 43.0. The zero-order valence-electron chi connectivity index (χ0n) is 34.0. The van der Waals surface area contributed by atoms with Crippen molar-refractivity contribution < 1.29 is 0 Å². The van der Waals surface area contributed by atoms with Gasteiger partial charge in [-0.2, -0.15) is 0 Å². The molecule has 0 aromatic heterocycles. The number of nitrogens with one attached hydrogen (secondary N) is 1. The third-order valence-electron chi connectivity index (χ3n) is 17.8. The minimum Gasteiger partial charge on any atom is -0.382 e. The van der Waals surface area contributed by atoms with Crippen LogP contribution < -0.4 is 5.32 Å². The van der Waals surface area contributed by atoms with E-state index in [0.717, 1.165) is 47.3 Å². The molecule has 12 atom stereocenters. The van der Waals surface area contributed by atoms with E-state index in [2.05, 4.69) is 83.1 Å². The van der Waals surface area contributed by atoms with E-state index in [0.29, 0.717) is 23.4 Å². The minimum atomic E-state index is 0.370. The van der Waals surface area contributed by atoms with Gasteiger partial charge in [-0.15, -0.1) is 0 Å². The summed E-state index contributed by atoms with van der Waals surface area (Å²) in [6.07, 6.45) is 62.6. The number of hydrogen-bond acceptors (Lipinski definition) is 2. The molecule has 0 saturated heterocycles. The van der Waals surface area contributed by atoms with Crippen LogP contribution >= 0.6 is 0 Å². The fourth-order valence-corrected chi connectivity index (χ4v) is 16.0. The average Bonchev–Trinajstić information content (AvgIpc) is 3.72. The van der Waals surface area contributed by atoms with Crippen molar-refractivity contribution in [3.05, 3.63) is 107 Å². The first-order valence-corrected chi connectivity index (χ1v) is 24.0. The molecule has 0 bridgehead atoms. The summed E-state index contributed by atoms with van der Waals surface area (Å²) < 4.78 is 0. The lowest BCUT2D eigenvalue weighted by molar-refractivity contribution is 0.0425. The Kier molecular flexibility index (Phi) is 9.59. The van der Waals surface area contributed by atoms with E-state index >= 15 is 0 Å². The zero-order chi connectivity index (χ0) is 36.3. The number of hydrogen-bond donors (Lipinski definition) is 1. The molecule has 0 aromatic rings. The van der Waals surface area contributed by atoms with E-state index in [-0.39, 0.29) is 0 Å². The smallest absolute Gasteiger partial charge is 0.0444 e. The SMILES string of the molecule is C1=CC(N(C2=CCCC3C2C2CCCCC2C32C3=C(C=CCC3)C3C=CC(NC4=CC5CCC=CC5CC4)CC32)C2CCCC(C3=CCCCC3)C2)=CCC1. The van der Waals surface area contributed by atoms with Gasteiger partial charge in [0, 0.05) is 46.4 Å².